The number of aliphatic carboxylic acids is 1. The summed E-state index contributed by atoms with van der Waals surface area (Å²) in [6.07, 6.45) is 1.16. The van der Waals surface area contributed by atoms with Gasteiger partial charge in [-0.2, -0.15) is 0 Å². The number of halogens is 3. The summed E-state index contributed by atoms with van der Waals surface area (Å²) in [7, 11) is 0. The number of hydrogen-bond acceptors (Lipinski definition) is 2. The minimum Gasteiger partial charge on any atom is -0.481 e. The maximum absolute atomic E-state index is 13.4. The molecule has 1 fully saturated rings. The van der Waals surface area contributed by atoms with Crippen molar-refractivity contribution in [3.63, 3.8) is 0 Å². The van der Waals surface area contributed by atoms with E-state index in [0.29, 0.717) is 19.4 Å². The molecule has 0 radical (unpaired) electrons. The van der Waals surface area contributed by atoms with Gasteiger partial charge in [-0.25, -0.2) is 4.39 Å². The monoisotopic (exact) mass is 573 g/mol. The standard InChI is InChI=1S/C22H22BrFINO3/c1-21(25,15-2-6-17(23)7-3-15)26-13-12-22(14-19(26)27,11-10-20(28)29)16-4-8-18(24)9-5-16/h2-9H,10-14H2,1H3,(H,28,29)/t21-,22?/m1/s1. The van der Waals surface area contributed by atoms with E-state index in [1.807, 2.05) is 36.1 Å². The molecular weight excluding hydrogens is 552 g/mol. The Bertz CT molecular complexity index is 901. The normalized spacial score (nSPS) is 21.7. The number of carbonyl (C=O) groups is 2. The molecule has 1 N–H and O–H groups in total. The molecule has 7 heteroatoms. The second-order valence-electron chi connectivity index (χ2n) is 7.61. The van der Waals surface area contributed by atoms with Crippen molar-refractivity contribution in [2.45, 2.75) is 41.6 Å². The molecule has 0 bridgehead atoms. The van der Waals surface area contributed by atoms with Gasteiger partial charge in [-0.3, -0.25) is 9.59 Å². The lowest BCUT2D eigenvalue weighted by Gasteiger charge is -2.47. The van der Waals surface area contributed by atoms with E-state index in [9.17, 15) is 19.1 Å². The molecule has 1 aliphatic rings. The first-order valence-corrected chi connectivity index (χ1v) is 11.2. The van der Waals surface area contributed by atoms with E-state index >= 15 is 0 Å². The number of benzene rings is 2. The molecule has 1 aliphatic heterocycles. The Morgan fingerprint density at radius 2 is 1.86 bits per heavy atom. The first kappa shape index (κ1) is 22.2. The molecule has 1 unspecified atom stereocenters. The molecule has 154 valence electrons. The van der Waals surface area contributed by atoms with Crippen LogP contribution in [0.4, 0.5) is 4.39 Å². The lowest BCUT2D eigenvalue weighted by Crippen LogP contribution is -2.52. The summed E-state index contributed by atoms with van der Waals surface area (Å²) in [5.74, 6) is -1.26. The number of piperidine rings is 1. The van der Waals surface area contributed by atoms with Crippen LogP contribution in [0.2, 0.25) is 0 Å². The van der Waals surface area contributed by atoms with Crippen LogP contribution in [-0.2, 0) is 18.5 Å². The molecular formula is C22H22BrFINO3. The summed E-state index contributed by atoms with van der Waals surface area (Å²) in [6.45, 7) is 2.52. The second kappa shape index (κ2) is 8.71. The minimum atomic E-state index is -0.894. The highest BCUT2D eigenvalue weighted by Crippen LogP contribution is 2.45. The molecule has 0 aromatic heterocycles. The smallest absolute Gasteiger partial charge is 0.303 e. The zero-order valence-electron chi connectivity index (χ0n) is 16.0. The van der Waals surface area contributed by atoms with Gasteiger partial charge in [0.25, 0.3) is 0 Å². The van der Waals surface area contributed by atoms with Crippen LogP contribution in [0.25, 0.3) is 0 Å². The Labute approximate surface area is 191 Å². The van der Waals surface area contributed by atoms with Crippen LogP contribution in [0.15, 0.2) is 53.0 Å². The van der Waals surface area contributed by atoms with E-state index in [2.05, 4.69) is 38.5 Å². The molecule has 2 aromatic rings. The molecule has 4 nitrogen and oxygen atoms in total. The maximum Gasteiger partial charge on any atom is 0.303 e. The molecule has 0 saturated carbocycles. The highest BCUT2D eigenvalue weighted by Gasteiger charge is 2.45. The van der Waals surface area contributed by atoms with Crippen molar-refractivity contribution in [3.8, 4) is 0 Å². The van der Waals surface area contributed by atoms with Crippen molar-refractivity contribution in [2.24, 2.45) is 0 Å². The highest BCUT2D eigenvalue weighted by molar-refractivity contribution is 14.1. The van der Waals surface area contributed by atoms with Crippen molar-refractivity contribution in [1.82, 2.24) is 4.90 Å². The summed E-state index contributed by atoms with van der Waals surface area (Å²) in [5.41, 5.74) is 1.26. The van der Waals surface area contributed by atoms with Gasteiger partial charge >= 0.3 is 5.97 Å². The Morgan fingerprint density at radius 3 is 2.41 bits per heavy atom. The van der Waals surface area contributed by atoms with Crippen LogP contribution in [0.1, 0.15) is 43.7 Å². The molecule has 1 amide bonds. The maximum atomic E-state index is 13.4. The third-order valence-electron chi connectivity index (χ3n) is 5.76. The number of rotatable bonds is 6. The predicted octanol–water partition coefficient (Wildman–Crippen LogP) is 5.62. The summed E-state index contributed by atoms with van der Waals surface area (Å²) in [6, 6.07) is 14.0. The largest absolute Gasteiger partial charge is 0.481 e. The van der Waals surface area contributed by atoms with Crippen LogP contribution < -0.4 is 0 Å². The van der Waals surface area contributed by atoms with Crippen molar-refractivity contribution in [2.75, 3.05) is 6.54 Å². The zero-order valence-corrected chi connectivity index (χ0v) is 19.7. The van der Waals surface area contributed by atoms with Crippen LogP contribution in [0.3, 0.4) is 0 Å². The van der Waals surface area contributed by atoms with Gasteiger partial charge in [0.15, 0.2) is 0 Å². The fourth-order valence-electron chi connectivity index (χ4n) is 4.03. The second-order valence-corrected chi connectivity index (χ2v) is 10.6. The first-order valence-electron chi connectivity index (χ1n) is 9.37. The number of hydrogen-bond donors (Lipinski definition) is 1. The molecule has 3 rings (SSSR count). The number of amides is 1. The average molecular weight is 574 g/mol. The van der Waals surface area contributed by atoms with Crippen LogP contribution in [0.5, 0.6) is 0 Å². The Hall–Kier alpha value is -1.48. The number of likely N-dealkylation sites (tertiary alicyclic amines) is 1. The number of carbonyl (C=O) groups excluding carboxylic acids is 1. The number of nitrogens with zero attached hydrogens (tertiary/aromatic N) is 1. The SMILES string of the molecule is C[C@](I)(c1ccc(Br)cc1)N1CCC(CCC(=O)O)(c2ccc(F)cc2)CC1=O. The van der Waals surface area contributed by atoms with Gasteiger partial charge in [0.05, 0.1) is 0 Å². The van der Waals surface area contributed by atoms with E-state index in [1.54, 1.807) is 12.1 Å². The summed E-state index contributed by atoms with van der Waals surface area (Å²) < 4.78 is 13.9. The number of carboxylic acid groups (broad SMARTS) is 1. The van der Waals surface area contributed by atoms with E-state index in [0.717, 1.165) is 15.6 Å². The fourth-order valence-corrected chi connectivity index (χ4v) is 5.17. The third kappa shape index (κ3) is 4.82. The van der Waals surface area contributed by atoms with Crippen LogP contribution in [-0.4, -0.2) is 28.4 Å². The van der Waals surface area contributed by atoms with E-state index < -0.39 is 14.9 Å². The molecule has 1 heterocycles. The van der Waals surface area contributed by atoms with Crippen molar-refractivity contribution < 1.29 is 19.1 Å². The fraction of sp³-hybridized carbons (Fsp3) is 0.364. The molecule has 0 spiro atoms. The summed E-state index contributed by atoms with van der Waals surface area (Å²) in [4.78, 5) is 26.4. The molecule has 2 atom stereocenters. The number of alkyl halides is 1. The van der Waals surface area contributed by atoms with Gasteiger partial charge in [0.1, 0.15) is 9.36 Å². The summed E-state index contributed by atoms with van der Waals surface area (Å²) in [5, 5.41) is 9.21. The van der Waals surface area contributed by atoms with Crippen molar-refractivity contribution >= 4 is 50.4 Å². The van der Waals surface area contributed by atoms with E-state index in [1.165, 1.54) is 12.1 Å². The Balaban J connectivity index is 1.89. The lowest BCUT2D eigenvalue weighted by molar-refractivity contribution is -0.142. The van der Waals surface area contributed by atoms with Gasteiger partial charge in [-0.05, 0) is 77.7 Å². The molecule has 0 aliphatic carbocycles. The topological polar surface area (TPSA) is 57.6 Å². The first-order chi connectivity index (χ1) is 13.6. The Kier molecular flexibility index (Phi) is 6.67. The van der Waals surface area contributed by atoms with E-state index in [-0.39, 0.29) is 24.6 Å². The zero-order chi connectivity index (χ0) is 21.2. The molecule has 2 aromatic carbocycles. The van der Waals surface area contributed by atoms with Gasteiger partial charge < -0.3 is 10.0 Å². The van der Waals surface area contributed by atoms with Crippen LogP contribution in [0, 0.1) is 5.82 Å². The van der Waals surface area contributed by atoms with Crippen LogP contribution >= 0.6 is 38.5 Å². The average Bonchev–Trinajstić information content (AvgIpc) is 2.67. The van der Waals surface area contributed by atoms with Crippen molar-refractivity contribution in [3.05, 3.63) is 69.9 Å². The van der Waals surface area contributed by atoms with Crippen molar-refractivity contribution in [1.29, 1.82) is 0 Å². The highest BCUT2D eigenvalue weighted by atomic mass is 127. The number of carboxylic acids is 1. The van der Waals surface area contributed by atoms with Gasteiger partial charge in [0.2, 0.25) is 5.91 Å². The van der Waals surface area contributed by atoms with Gasteiger partial charge in [0, 0.05) is 29.3 Å². The predicted molar refractivity (Wildman–Crippen MR) is 121 cm³/mol. The van der Waals surface area contributed by atoms with Gasteiger partial charge in [-0.1, -0.05) is 40.2 Å². The lowest BCUT2D eigenvalue weighted by atomic mass is 9.69. The Morgan fingerprint density at radius 1 is 1.24 bits per heavy atom. The third-order valence-corrected chi connectivity index (χ3v) is 7.49. The molecule has 29 heavy (non-hydrogen) atoms. The van der Waals surface area contributed by atoms with E-state index in [4.69, 9.17) is 0 Å². The van der Waals surface area contributed by atoms with Gasteiger partial charge in [-0.15, -0.1) is 0 Å². The minimum absolute atomic E-state index is 0.0224. The summed E-state index contributed by atoms with van der Waals surface area (Å²) >= 11 is 5.73. The quantitative estimate of drug-likeness (QED) is 0.277. The molecule has 1 saturated heterocycles.